The molecule has 2 aromatic carbocycles. The molecular formula is C22H19N3O7S. The van der Waals surface area contributed by atoms with Crippen molar-refractivity contribution < 1.29 is 22.5 Å². The van der Waals surface area contributed by atoms with E-state index < -0.39 is 27.2 Å². The molecular weight excluding hydrogens is 450 g/mol. The third kappa shape index (κ3) is 4.11. The van der Waals surface area contributed by atoms with Crippen LogP contribution in [0.3, 0.4) is 0 Å². The second-order valence-corrected chi connectivity index (χ2v) is 8.52. The van der Waals surface area contributed by atoms with Crippen LogP contribution in [0.5, 0.6) is 0 Å². The van der Waals surface area contributed by atoms with Crippen LogP contribution in [0.2, 0.25) is 0 Å². The van der Waals surface area contributed by atoms with E-state index in [0.29, 0.717) is 5.56 Å². The Kier molecular flexibility index (Phi) is 5.75. The summed E-state index contributed by atoms with van der Waals surface area (Å²) in [6, 6.07) is 14.0. The number of nitrogens with one attached hydrogen (secondary N) is 2. The zero-order valence-electron chi connectivity index (χ0n) is 17.4. The summed E-state index contributed by atoms with van der Waals surface area (Å²) in [5.41, 5.74) is -0.940. The summed E-state index contributed by atoms with van der Waals surface area (Å²) in [5.74, 6) is -0.839. The molecule has 0 radical (unpaired) electrons. The standard InChI is InChI=1S/C22H19N3O7S/c1-2-32-22(28)17-16(13-8-4-3-5-9-13)20(26)23-19-18(17)21(27)25(24-19)12-14-10-6-7-11-15(14)33(29,30)31/h3-11H,2,12H2,1H3,(H2,23,24,26)(H,29,30,31). The van der Waals surface area contributed by atoms with Gasteiger partial charge in [-0.05, 0) is 24.1 Å². The lowest BCUT2D eigenvalue weighted by Gasteiger charge is -2.09. The van der Waals surface area contributed by atoms with Gasteiger partial charge in [0.1, 0.15) is 5.65 Å². The van der Waals surface area contributed by atoms with E-state index in [1.165, 1.54) is 18.2 Å². The monoisotopic (exact) mass is 469 g/mol. The SMILES string of the molecule is CCOC(=O)c1c(-c2ccccc2)c(=O)[nH]c2[nH]n(Cc3ccccc3S(=O)(=O)O)c(=O)c12. The minimum atomic E-state index is -4.54. The molecule has 11 heteroatoms. The normalized spacial score (nSPS) is 11.6. The zero-order chi connectivity index (χ0) is 23.8. The van der Waals surface area contributed by atoms with Gasteiger partial charge in [0.2, 0.25) is 0 Å². The maximum absolute atomic E-state index is 13.3. The van der Waals surface area contributed by atoms with Crippen molar-refractivity contribution in [2.45, 2.75) is 18.4 Å². The summed E-state index contributed by atoms with van der Waals surface area (Å²) >= 11 is 0. The van der Waals surface area contributed by atoms with Crippen LogP contribution in [0.1, 0.15) is 22.8 Å². The summed E-state index contributed by atoms with van der Waals surface area (Å²) in [4.78, 5) is 41.3. The molecule has 0 bridgehead atoms. The van der Waals surface area contributed by atoms with Crippen LogP contribution >= 0.6 is 0 Å². The third-order valence-corrected chi connectivity index (χ3v) is 6.00. The van der Waals surface area contributed by atoms with E-state index in [2.05, 4.69) is 10.1 Å². The molecule has 0 fully saturated rings. The molecule has 33 heavy (non-hydrogen) atoms. The number of aromatic amines is 2. The van der Waals surface area contributed by atoms with Crippen LogP contribution < -0.4 is 11.1 Å². The van der Waals surface area contributed by atoms with Gasteiger partial charge in [-0.3, -0.25) is 19.2 Å². The number of carbonyl (C=O) groups is 1. The van der Waals surface area contributed by atoms with E-state index in [0.717, 1.165) is 4.68 Å². The molecule has 0 atom stereocenters. The second-order valence-electron chi connectivity index (χ2n) is 7.13. The number of benzene rings is 2. The number of H-pyrrole nitrogens is 2. The first-order valence-electron chi connectivity index (χ1n) is 9.89. The first-order chi connectivity index (χ1) is 15.7. The second kappa shape index (κ2) is 8.52. The van der Waals surface area contributed by atoms with Crippen LogP contribution in [0, 0.1) is 0 Å². The Bertz CT molecular complexity index is 1580. The predicted molar refractivity (Wildman–Crippen MR) is 120 cm³/mol. The van der Waals surface area contributed by atoms with Gasteiger partial charge in [0, 0.05) is 0 Å². The van der Waals surface area contributed by atoms with Crippen molar-refractivity contribution in [2.24, 2.45) is 0 Å². The van der Waals surface area contributed by atoms with Gasteiger partial charge in [0.05, 0.1) is 34.6 Å². The number of ether oxygens (including phenoxy) is 1. The topological polar surface area (TPSA) is 151 Å². The number of rotatable bonds is 6. The van der Waals surface area contributed by atoms with E-state index in [-0.39, 0.29) is 45.8 Å². The quantitative estimate of drug-likeness (QED) is 0.289. The Labute approximate surface area is 187 Å². The first kappa shape index (κ1) is 22.2. The molecule has 170 valence electrons. The molecule has 0 saturated heterocycles. The highest BCUT2D eigenvalue weighted by Crippen LogP contribution is 2.25. The lowest BCUT2D eigenvalue weighted by Crippen LogP contribution is -2.22. The van der Waals surface area contributed by atoms with Crippen molar-refractivity contribution in [1.29, 1.82) is 0 Å². The minimum Gasteiger partial charge on any atom is -0.462 e. The van der Waals surface area contributed by atoms with Gasteiger partial charge < -0.3 is 9.72 Å². The largest absolute Gasteiger partial charge is 0.462 e. The molecule has 4 aromatic rings. The Morgan fingerprint density at radius 1 is 1.06 bits per heavy atom. The highest BCUT2D eigenvalue weighted by atomic mass is 32.2. The maximum Gasteiger partial charge on any atom is 0.339 e. The fourth-order valence-electron chi connectivity index (χ4n) is 3.68. The van der Waals surface area contributed by atoms with E-state index in [1.807, 2.05) is 0 Å². The van der Waals surface area contributed by atoms with Gasteiger partial charge in [-0.15, -0.1) is 0 Å². The molecule has 3 N–H and O–H groups in total. The summed E-state index contributed by atoms with van der Waals surface area (Å²) in [7, 11) is -4.54. The highest BCUT2D eigenvalue weighted by Gasteiger charge is 2.26. The number of esters is 1. The van der Waals surface area contributed by atoms with Crippen LogP contribution in [-0.2, 0) is 21.4 Å². The van der Waals surface area contributed by atoms with Gasteiger partial charge in [0.25, 0.3) is 21.2 Å². The number of hydrogen-bond acceptors (Lipinski definition) is 6. The summed E-state index contributed by atoms with van der Waals surface area (Å²) in [6.07, 6.45) is 0. The number of aromatic nitrogens is 3. The fourth-order valence-corrected chi connectivity index (χ4v) is 4.39. The van der Waals surface area contributed by atoms with Crippen molar-refractivity contribution in [3.05, 3.63) is 86.4 Å². The molecule has 4 rings (SSSR count). The molecule has 0 amide bonds. The van der Waals surface area contributed by atoms with Crippen LogP contribution in [0.4, 0.5) is 0 Å². The Morgan fingerprint density at radius 2 is 1.73 bits per heavy atom. The minimum absolute atomic E-state index is 0.0110. The van der Waals surface area contributed by atoms with Crippen molar-refractivity contribution in [2.75, 3.05) is 6.61 Å². The van der Waals surface area contributed by atoms with Crippen LogP contribution in [0.25, 0.3) is 22.2 Å². The molecule has 10 nitrogen and oxygen atoms in total. The van der Waals surface area contributed by atoms with Crippen molar-refractivity contribution in [1.82, 2.24) is 14.8 Å². The molecule has 0 unspecified atom stereocenters. The fraction of sp³-hybridized carbons (Fsp3) is 0.136. The van der Waals surface area contributed by atoms with Gasteiger partial charge >= 0.3 is 5.97 Å². The molecule has 2 aromatic heterocycles. The molecule has 0 aliphatic heterocycles. The van der Waals surface area contributed by atoms with E-state index in [9.17, 15) is 27.4 Å². The van der Waals surface area contributed by atoms with Gasteiger partial charge in [0.15, 0.2) is 0 Å². The van der Waals surface area contributed by atoms with E-state index >= 15 is 0 Å². The van der Waals surface area contributed by atoms with Crippen molar-refractivity contribution in [3.63, 3.8) is 0 Å². The zero-order valence-corrected chi connectivity index (χ0v) is 18.2. The van der Waals surface area contributed by atoms with Crippen molar-refractivity contribution in [3.8, 4) is 11.1 Å². The maximum atomic E-state index is 13.3. The molecule has 2 heterocycles. The smallest absolute Gasteiger partial charge is 0.339 e. The molecule has 0 spiro atoms. The summed E-state index contributed by atoms with van der Waals surface area (Å²) < 4.78 is 39.1. The number of nitrogens with zero attached hydrogens (tertiary/aromatic N) is 1. The van der Waals surface area contributed by atoms with Crippen LogP contribution in [-0.4, -0.2) is 40.3 Å². The molecule has 0 saturated carbocycles. The van der Waals surface area contributed by atoms with Gasteiger partial charge in [-0.1, -0.05) is 48.5 Å². The average Bonchev–Trinajstić information content (AvgIpc) is 3.07. The summed E-state index contributed by atoms with van der Waals surface area (Å²) in [5, 5.41) is 2.61. The molecule has 0 aliphatic carbocycles. The van der Waals surface area contributed by atoms with Crippen molar-refractivity contribution >= 4 is 27.1 Å². The Morgan fingerprint density at radius 3 is 2.39 bits per heavy atom. The van der Waals surface area contributed by atoms with E-state index in [4.69, 9.17) is 4.74 Å². The number of pyridine rings is 1. The number of hydrogen-bond donors (Lipinski definition) is 3. The number of fused-ring (bicyclic) bond motifs is 1. The number of carbonyl (C=O) groups excluding carboxylic acids is 1. The lowest BCUT2D eigenvalue weighted by atomic mass is 9.99. The summed E-state index contributed by atoms with van der Waals surface area (Å²) in [6.45, 7) is 1.36. The lowest BCUT2D eigenvalue weighted by molar-refractivity contribution is 0.0529. The molecule has 0 aliphatic rings. The average molecular weight is 469 g/mol. The van der Waals surface area contributed by atoms with Gasteiger partial charge in [-0.2, -0.15) is 8.42 Å². The predicted octanol–water partition coefficient (Wildman–Crippen LogP) is 2.16. The Hall–Kier alpha value is -3.96. The van der Waals surface area contributed by atoms with Crippen LogP contribution in [0.15, 0.2) is 69.1 Å². The first-order valence-corrected chi connectivity index (χ1v) is 11.3. The highest BCUT2D eigenvalue weighted by molar-refractivity contribution is 7.85. The Balaban J connectivity index is 1.99. The third-order valence-electron chi connectivity index (χ3n) is 5.04. The van der Waals surface area contributed by atoms with E-state index in [1.54, 1.807) is 43.3 Å². The van der Waals surface area contributed by atoms with Gasteiger partial charge in [-0.25, -0.2) is 9.48 Å².